The molecule has 0 aromatic carbocycles. The molecule has 0 atom stereocenters. The highest BCUT2D eigenvalue weighted by Crippen LogP contribution is 2.10. The summed E-state index contributed by atoms with van der Waals surface area (Å²) in [4.78, 5) is 22.0. The van der Waals surface area contributed by atoms with Gasteiger partial charge in [-0.1, -0.05) is 12.2 Å². The first-order valence-corrected chi connectivity index (χ1v) is 6.23. The first-order chi connectivity index (χ1) is 8.73. The number of hydrogen-bond acceptors (Lipinski definition) is 3. The largest absolute Gasteiger partial charge is 0.481 e. The Labute approximate surface area is 114 Å². The van der Waals surface area contributed by atoms with Crippen molar-refractivity contribution in [3.63, 3.8) is 0 Å². The molecule has 0 aliphatic heterocycles. The lowest BCUT2D eigenvalue weighted by Gasteiger charge is -2.25. The van der Waals surface area contributed by atoms with Crippen molar-refractivity contribution < 1.29 is 19.4 Å². The van der Waals surface area contributed by atoms with Crippen LogP contribution in [0.2, 0.25) is 0 Å². The van der Waals surface area contributed by atoms with Crippen molar-refractivity contribution in [2.45, 2.75) is 39.2 Å². The number of carboxylic acids is 1. The standard InChI is InChI=1S/C13H24N2O4/c1-10(2)9-19-8-7-14-12(18)15-13(3,4)6-5-11(16)17/h1,5-9H2,2-4H3,(H,16,17)(H2,14,15,18). The fourth-order valence-corrected chi connectivity index (χ4v) is 1.32. The normalized spacial score (nSPS) is 10.9. The van der Waals surface area contributed by atoms with Gasteiger partial charge >= 0.3 is 12.0 Å². The molecule has 19 heavy (non-hydrogen) atoms. The second-order valence-corrected chi connectivity index (χ2v) is 5.17. The third kappa shape index (κ3) is 11.3. The van der Waals surface area contributed by atoms with Crippen LogP contribution in [-0.4, -0.2) is 42.4 Å². The van der Waals surface area contributed by atoms with Crippen LogP contribution in [0.15, 0.2) is 12.2 Å². The van der Waals surface area contributed by atoms with Crippen LogP contribution in [0.4, 0.5) is 4.79 Å². The number of urea groups is 1. The van der Waals surface area contributed by atoms with E-state index in [1.807, 2.05) is 6.92 Å². The highest BCUT2D eigenvalue weighted by atomic mass is 16.5. The lowest BCUT2D eigenvalue weighted by Crippen LogP contribution is -2.49. The van der Waals surface area contributed by atoms with Gasteiger partial charge in [0.05, 0.1) is 13.2 Å². The van der Waals surface area contributed by atoms with Gasteiger partial charge in [0.1, 0.15) is 0 Å². The summed E-state index contributed by atoms with van der Waals surface area (Å²) in [5.41, 5.74) is 0.375. The van der Waals surface area contributed by atoms with Gasteiger partial charge in [0, 0.05) is 18.5 Å². The predicted molar refractivity (Wildman–Crippen MR) is 73.1 cm³/mol. The van der Waals surface area contributed by atoms with Crippen molar-refractivity contribution in [1.82, 2.24) is 10.6 Å². The highest BCUT2D eigenvalue weighted by molar-refractivity contribution is 5.74. The van der Waals surface area contributed by atoms with Crippen LogP contribution in [0.3, 0.4) is 0 Å². The van der Waals surface area contributed by atoms with Crippen molar-refractivity contribution in [2.24, 2.45) is 0 Å². The molecule has 110 valence electrons. The van der Waals surface area contributed by atoms with E-state index in [9.17, 15) is 9.59 Å². The molecular formula is C13H24N2O4. The molecule has 0 radical (unpaired) electrons. The summed E-state index contributed by atoms with van der Waals surface area (Å²) < 4.78 is 5.23. The van der Waals surface area contributed by atoms with E-state index in [1.165, 1.54) is 0 Å². The van der Waals surface area contributed by atoms with E-state index in [4.69, 9.17) is 9.84 Å². The molecule has 0 aliphatic rings. The molecule has 6 nitrogen and oxygen atoms in total. The Morgan fingerprint density at radius 2 is 2.00 bits per heavy atom. The van der Waals surface area contributed by atoms with Crippen LogP contribution in [0.5, 0.6) is 0 Å². The molecule has 3 N–H and O–H groups in total. The fraction of sp³-hybridized carbons (Fsp3) is 0.692. The van der Waals surface area contributed by atoms with Gasteiger partial charge in [0.15, 0.2) is 0 Å². The molecule has 0 saturated heterocycles. The number of rotatable bonds is 9. The van der Waals surface area contributed by atoms with E-state index in [1.54, 1.807) is 13.8 Å². The summed E-state index contributed by atoms with van der Waals surface area (Å²) in [6.45, 7) is 10.4. The monoisotopic (exact) mass is 272 g/mol. The number of hydrogen-bond donors (Lipinski definition) is 3. The molecule has 0 aromatic heterocycles. The van der Waals surface area contributed by atoms with Crippen LogP contribution >= 0.6 is 0 Å². The van der Waals surface area contributed by atoms with Gasteiger partial charge in [-0.05, 0) is 27.2 Å². The van der Waals surface area contributed by atoms with Crippen molar-refractivity contribution in [3.8, 4) is 0 Å². The zero-order chi connectivity index (χ0) is 14.9. The Bertz CT molecular complexity index is 327. The summed E-state index contributed by atoms with van der Waals surface area (Å²) in [5, 5.41) is 14.0. The summed E-state index contributed by atoms with van der Waals surface area (Å²) in [6, 6.07) is -0.325. The lowest BCUT2D eigenvalue weighted by atomic mass is 9.99. The fourth-order valence-electron chi connectivity index (χ4n) is 1.32. The van der Waals surface area contributed by atoms with E-state index in [-0.39, 0.29) is 12.5 Å². The predicted octanol–water partition coefficient (Wildman–Crippen LogP) is 1.52. The van der Waals surface area contributed by atoms with E-state index >= 15 is 0 Å². The lowest BCUT2D eigenvalue weighted by molar-refractivity contribution is -0.137. The minimum Gasteiger partial charge on any atom is -0.481 e. The molecule has 0 unspecified atom stereocenters. The van der Waals surface area contributed by atoms with Crippen molar-refractivity contribution in [1.29, 1.82) is 0 Å². The number of nitrogens with one attached hydrogen (secondary N) is 2. The van der Waals surface area contributed by atoms with Gasteiger partial charge in [-0.25, -0.2) is 4.79 Å². The third-order valence-electron chi connectivity index (χ3n) is 2.30. The van der Waals surface area contributed by atoms with Crippen LogP contribution < -0.4 is 10.6 Å². The maximum absolute atomic E-state index is 11.6. The van der Waals surface area contributed by atoms with Gasteiger partial charge in [-0.3, -0.25) is 4.79 Å². The minimum absolute atomic E-state index is 0.0228. The van der Waals surface area contributed by atoms with Crippen LogP contribution in [0.1, 0.15) is 33.6 Å². The molecule has 0 aromatic rings. The quantitative estimate of drug-likeness (QED) is 0.438. The number of ether oxygens (including phenoxy) is 1. The Morgan fingerprint density at radius 1 is 1.37 bits per heavy atom. The molecule has 0 fully saturated rings. The smallest absolute Gasteiger partial charge is 0.315 e. The summed E-state index contributed by atoms with van der Waals surface area (Å²) >= 11 is 0. The Morgan fingerprint density at radius 3 is 2.53 bits per heavy atom. The topological polar surface area (TPSA) is 87.7 Å². The molecule has 2 amide bonds. The molecule has 0 aliphatic carbocycles. The van der Waals surface area contributed by atoms with E-state index in [2.05, 4.69) is 17.2 Å². The number of carbonyl (C=O) groups excluding carboxylic acids is 1. The van der Waals surface area contributed by atoms with Crippen molar-refractivity contribution >= 4 is 12.0 Å². The maximum Gasteiger partial charge on any atom is 0.315 e. The summed E-state index contributed by atoms with van der Waals surface area (Å²) in [7, 11) is 0. The number of amides is 2. The molecule has 0 bridgehead atoms. The number of carbonyl (C=O) groups is 2. The van der Waals surface area contributed by atoms with Crippen LogP contribution in [-0.2, 0) is 9.53 Å². The Balaban J connectivity index is 3.77. The van der Waals surface area contributed by atoms with Crippen LogP contribution in [0.25, 0.3) is 0 Å². The Kier molecular flexibility index (Phi) is 7.83. The van der Waals surface area contributed by atoms with Crippen LogP contribution in [0, 0.1) is 0 Å². The SMILES string of the molecule is C=C(C)COCCNC(=O)NC(C)(C)CCC(=O)O. The molecule has 6 heteroatoms. The van der Waals surface area contributed by atoms with Gasteiger partial charge in [-0.2, -0.15) is 0 Å². The average Bonchev–Trinajstić information content (AvgIpc) is 2.25. The summed E-state index contributed by atoms with van der Waals surface area (Å²) in [6.07, 6.45) is 0.400. The van der Waals surface area contributed by atoms with E-state index in [0.29, 0.717) is 26.2 Å². The highest BCUT2D eigenvalue weighted by Gasteiger charge is 2.21. The molecule has 0 heterocycles. The maximum atomic E-state index is 11.6. The second-order valence-electron chi connectivity index (χ2n) is 5.17. The van der Waals surface area contributed by atoms with Gasteiger partial charge < -0.3 is 20.5 Å². The van der Waals surface area contributed by atoms with E-state index in [0.717, 1.165) is 5.57 Å². The second kappa shape index (κ2) is 8.53. The minimum atomic E-state index is -0.872. The third-order valence-corrected chi connectivity index (χ3v) is 2.30. The zero-order valence-corrected chi connectivity index (χ0v) is 11.9. The first-order valence-electron chi connectivity index (χ1n) is 6.23. The zero-order valence-electron chi connectivity index (χ0n) is 11.9. The van der Waals surface area contributed by atoms with Crippen molar-refractivity contribution in [3.05, 3.63) is 12.2 Å². The van der Waals surface area contributed by atoms with Gasteiger partial charge in [0.25, 0.3) is 0 Å². The molecule has 0 rings (SSSR count). The summed E-state index contributed by atoms with van der Waals surface area (Å²) in [5.74, 6) is -0.872. The number of aliphatic carboxylic acids is 1. The Hall–Kier alpha value is -1.56. The molecule has 0 spiro atoms. The molecular weight excluding hydrogens is 248 g/mol. The average molecular weight is 272 g/mol. The molecule has 0 saturated carbocycles. The van der Waals surface area contributed by atoms with E-state index < -0.39 is 11.5 Å². The van der Waals surface area contributed by atoms with Crippen molar-refractivity contribution in [2.75, 3.05) is 19.8 Å². The first kappa shape index (κ1) is 17.4. The van der Waals surface area contributed by atoms with Gasteiger partial charge in [-0.15, -0.1) is 0 Å². The number of carboxylic acid groups (broad SMARTS) is 1. The van der Waals surface area contributed by atoms with Gasteiger partial charge in [0.2, 0.25) is 0 Å².